The van der Waals surface area contributed by atoms with Gasteiger partial charge in [-0.3, -0.25) is 4.79 Å². The number of hydrogen-bond acceptors (Lipinski definition) is 3. The third kappa shape index (κ3) is 4.44. The fourth-order valence-corrected chi connectivity index (χ4v) is 5.39. The second-order valence-electron chi connectivity index (χ2n) is 7.42. The van der Waals surface area contributed by atoms with Crippen LogP contribution in [-0.4, -0.2) is 27.3 Å². The highest BCUT2D eigenvalue weighted by atomic mass is 35.5. The van der Waals surface area contributed by atoms with Gasteiger partial charge < -0.3 is 4.90 Å². The number of likely N-dealkylation sites (tertiary alicyclic amines) is 1. The van der Waals surface area contributed by atoms with Gasteiger partial charge in [0.1, 0.15) is 11.2 Å². The summed E-state index contributed by atoms with van der Waals surface area (Å²) in [6, 6.07) is 20.7. The van der Waals surface area contributed by atoms with Gasteiger partial charge in [0, 0.05) is 16.7 Å². The Balaban J connectivity index is 1.52. The Morgan fingerprint density at radius 2 is 1.90 bits per heavy atom. The van der Waals surface area contributed by atoms with E-state index in [-0.39, 0.29) is 17.5 Å². The molecule has 2 atom stereocenters. The van der Waals surface area contributed by atoms with E-state index in [1.165, 1.54) is 15.7 Å². The number of halogens is 1. The first-order valence-corrected chi connectivity index (χ1v) is 11.6. The first kappa shape index (κ1) is 20.2. The van der Waals surface area contributed by atoms with Gasteiger partial charge in [0.05, 0.1) is 5.69 Å². The number of nitrogens with zero attached hydrogens (tertiary/aromatic N) is 2. The summed E-state index contributed by atoms with van der Waals surface area (Å²) in [5.74, 6) is 0.671. The van der Waals surface area contributed by atoms with Crippen LogP contribution in [0.15, 0.2) is 65.6 Å². The summed E-state index contributed by atoms with van der Waals surface area (Å²) in [5.41, 5.74) is 1.16. The van der Waals surface area contributed by atoms with Gasteiger partial charge in [-0.05, 0) is 54.7 Å². The molecular weight excluding hydrogens is 400 g/mol. The Bertz CT molecular complexity index is 1000. The molecule has 3 aromatic rings. The zero-order valence-corrected chi connectivity index (χ0v) is 18.1. The van der Waals surface area contributed by atoms with E-state index in [9.17, 15) is 4.79 Å². The number of aromatic nitrogens is 1. The number of benzene rings is 2. The van der Waals surface area contributed by atoms with Crippen LogP contribution in [0.2, 0.25) is 0 Å². The van der Waals surface area contributed by atoms with E-state index in [4.69, 9.17) is 11.6 Å². The third-order valence-electron chi connectivity index (χ3n) is 5.53. The molecule has 2 aromatic carbocycles. The number of carbonyl (C=O) groups is 1. The van der Waals surface area contributed by atoms with Crippen LogP contribution in [0.3, 0.4) is 0 Å². The quantitative estimate of drug-likeness (QED) is 0.266. The average Bonchev–Trinajstić information content (AvgIpc) is 2.77. The minimum atomic E-state index is -0.239. The van der Waals surface area contributed by atoms with Crippen molar-refractivity contribution in [3.05, 3.63) is 72.1 Å². The van der Waals surface area contributed by atoms with E-state index in [1.54, 1.807) is 17.8 Å². The monoisotopic (exact) mass is 424 g/mol. The van der Waals surface area contributed by atoms with E-state index in [2.05, 4.69) is 54.4 Å². The number of piperidine rings is 1. The molecule has 150 valence electrons. The van der Waals surface area contributed by atoms with Gasteiger partial charge in [-0.2, -0.15) is 0 Å². The fraction of sp³-hybridized carbons (Fsp3) is 0.333. The summed E-state index contributed by atoms with van der Waals surface area (Å²) in [4.78, 5) is 20.9. The fourth-order valence-electron chi connectivity index (χ4n) is 4.01. The maximum Gasteiger partial charge on any atom is 0.273 e. The Morgan fingerprint density at radius 3 is 2.76 bits per heavy atom. The third-order valence-corrected chi connectivity index (χ3v) is 7.07. The maximum atomic E-state index is 13.2. The van der Waals surface area contributed by atoms with Crippen molar-refractivity contribution >= 4 is 40.0 Å². The van der Waals surface area contributed by atoms with Crippen LogP contribution in [-0.2, 0) is 5.75 Å². The molecule has 5 heteroatoms. The van der Waals surface area contributed by atoms with Gasteiger partial charge >= 0.3 is 0 Å². The van der Waals surface area contributed by atoms with Crippen molar-refractivity contribution in [2.75, 3.05) is 0 Å². The summed E-state index contributed by atoms with van der Waals surface area (Å²) < 4.78 is 0. The molecule has 1 aliphatic heterocycles. The zero-order chi connectivity index (χ0) is 20.2. The highest BCUT2D eigenvalue weighted by molar-refractivity contribution is 7.98. The van der Waals surface area contributed by atoms with Gasteiger partial charge in [-0.15, -0.1) is 11.8 Å². The molecule has 0 saturated carbocycles. The smallest absolute Gasteiger partial charge is 0.273 e. The normalized spacial score (nSPS) is 19.4. The summed E-state index contributed by atoms with van der Waals surface area (Å²) in [6.07, 6.45) is 3.86. The second-order valence-corrected chi connectivity index (χ2v) is 8.94. The van der Waals surface area contributed by atoms with E-state index < -0.39 is 0 Å². The number of hydrogen-bond donors (Lipinski definition) is 0. The lowest BCUT2D eigenvalue weighted by Gasteiger charge is -2.38. The lowest BCUT2D eigenvalue weighted by atomic mass is 9.99. The molecule has 1 amide bonds. The Labute approximate surface area is 181 Å². The van der Waals surface area contributed by atoms with Gasteiger partial charge in [0.25, 0.3) is 5.91 Å². The predicted octanol–water partition coefficient (Wildman–Crippen LogP) is 6.50. The Hall–Kier alpha value is -2.04. The molecule has 0 N–H and O–H groups in total. The highest BCUT2D eigenvalue weighted by Crippen LogP contribution is 2.31. The number of amides is 1. The average molecular weight is 425 g/mol. The number of pyridine rings is 1. The first-order valence-electron chi connectivity index (χ1n) is 10.2. The number of thioether (sulfide) groups is 1. The highest BCUT2D eigenvalue weighted by Gasteiger charge is 2.33. The summed E-state index contributed by atoms with van der Waals surface area (Å²) in [5, 5.41) is 2.48. The van der Waals surface area contributed by atoms with Crippen molar-refractivity contribution in [3.63, 3.8) is 0 Å². The van der Waals surface area contributed by atoms with Gasteiger partial charge in [0.2, 0.25) is 0 Å². The van der Waals surface area contributed by atoms with Crippen LogP contribution in [0.5, 0.6) is 0 Å². The summed E-state index contributed by atoms with van der Waals surface area (Å²) >= 11 is 8.26. The van der Waals surface area contributed by atoms with E-state index in [0.29, 0.717) is 5.69 Å². The van der Waals surface area contributed by atoms with Crippen molar-refractivity contribution in [1.29, 1.82) is 0 Å². The molecule has 4 rings (SSSR count). The second kappa shape index (κ2) is 9.19. The number of fused-ring (bicyclic) bond motifs is 1. The zero-order valence-electron chi connectivity index (χ0n) is 16.6. The number of alkyl halides is 1. The van der Waals surface area contributed by atoms with Crippen LogP contribution in [0, 0.1) is 0 Å². The molecule has 0 spiro atoms. The topological polar surface area (TPSA) is 33.2 Å². The number of carbonyl (C=O) groups excluding carboxylic acids is 1. The summed E-state index contributed by atoms with van der Waals surface area (Å²) in [7, 11) is 0. The van der Waals surface area contributed by atoms with Crippen LogP contribution in [0.25, 0.3) is 10.8 Å². The van der Waals surface area contributed by atoms with Crippen LogP contribution < -0.4 is 0 Å². The van der Waals surface area contributed by atoms with Gasteiger partial charge in [-0.1, -0.05) is 61.0 Å². The standard InChI is InChI=1S/C24H25ClN2OS/c1-2-19-11-7-15-23(25)27(19)24(28)21-13-6-10-18(26-21)16-29-22-14-5-9-17-8-3-4-12-20(17)22/h3-6,8-10,12-14,19,23H,2,7,11,15-16H2,1H3. The van der Waals surface area contributed by atoms with E-state index in [0.717, 1.165) is 37.1 Å². The molecule has 3 nitrogen and oxygen atoms in total. The first-order chi connectivity index (χ1) is 14.2. The van der Waals surface area contributed by atoms with Crippen molar-refractivity contribution < 1.29 is 4.79 Å². The Kier molecular flexibility index (Phi) is 6.41. The van der Waals surface area contributed by atoms with Crippen molar-refractivity contribution in [2.45, 2.75) is 54.8 Å². The Morgan fingerprint density at radius 1 is 1.10 bits per heavy atom. The van der Waals surface area contributed by atoms with Crippen LogP contribution in [0.4, 0.5) is 0 Å². The molecule has 0 aliphatic carbocycles. The largest absolute Gasteiger partial charge is 0.318 e. The molecular formula is C24H25ClN2OS. The number of rotatable bonds is 5. The minimum Gasteiger partial charge on any atom is -0.318 e. The minimum absolute atomic E-state index is 0.0476. The lowest BCUT2D eigenvalue weighted by molar-refractivity contribution is 0.0553. The molecule has 2 heterocycles. The molecule has 1 aromatic heterocycles. The van der Waals surface area contributed by atoms with Gasteiger partial charge in [0.15, 0.2) is 0 Å². The van der Waals surface area contributed by atoms with Crippen molar-refractivity contribution in [1.82, 2.24) is 9.88 Å². The molecule has 1 saturated heterocycles. The van der Waals surface area contributed by atoms with E-state index >= 15 is 0 Å². The maximum absolute atomic E-state index is 13.2. The molecule has 2 unspecified atom stereocenters. The lowest BCUT2D eigenvalue weighted by Crippen LogP contribution is -2.47. The molecule has 0 radical (unpaired) electrons. The molecule has 1 fully saturated rings. The van der Waals surface area contributed by atoms with Gasteiger partial charge in [-0.25, -0.2) is 4.98 Å². The van der Waals surface area contributed by atoms with Crippen LogP contribution in [0.1, 0.15) is 48.8 Å². The summed E-state index contributed by atoms with van der Waals surface area (Å²) in [6.45, 7) is 2.12. The van der Waals surface area contributed by atoms with Crippen molar-refractivity contribution in [2.24, 2.45) is 0 Å². The molecule has 1 aliphatic rings. The van der Waals surface area contributed by atoms with E-state index in [1.807, 2.05) is 17.0 Å². The molecule has 0 bridgehead atoms. The SMILES string of the molecule is CCC1CCCC(Cl)N1C(=O)c1cccc(CSc2cccc3ccccc23)n1. The molecule has 29 heavy (non-hydrogen) atoms. The van der Waals surface area contributed by atoms with Crippen molar-refractivity contribution in [3.8, 4) is 0 Å². The predicted molar refractivity (Wildman–Crippen MR) is 121 cm³/mol. The van der Waals surface area contributed by atoms with Crippen LogP contribution >= 0.6 is 23.4 Å².